The lowest BCUT2D eigenvalue weighted by Crippen LogP contribution is -2.38. The molecule has 0 spiro atoms. The summed E-state index contributed by atoms with van der Waals surface area (Å²) < 4.78 is 12.4. The molecule has 0 radical (unpaired) electrons. The van der Waals surface area contributed by atoms with Crippen molar-refractivity contribution in [2.24, 2.45) is 0 Å². The maximum absolute atomic E-state index is 5.79. The van der Waals surface area contributed by atoms with E-state index in [9.17, 15) is 0 Å². The van der Waals surface area contributed by atoms with Crippen molar-refractivity contribution in [1.29, 1.82) is 0 Å². The zero-order chi connectivity index (χ0) is 16.2. The number of fused-ring (bicyclic) bond motifs is 1. The van der Waals surface area contributed by atoms with Gasteiger partial charge in [0.25, 0.3) is 0 Å². The van der Waals surface area contributed by atoms with Gasteiger partial charge in [0.15, 0.2) is 0 Å². The summed E-state index contributed by atoms with van der Waals surface area (Å²) in [7, 11) is 0. The minimum Gasteiger partial charge on any atom is -0.475 e. The Morgan fingerprint density at radius 3 is 2.92 bits per heavy atom. The van der Waals surface area contributed by atoms with Crippen LogP contribution in [0.25, 0.3) is 20.7 Å². The lowest BCUT2D eigenvalue weighted by molar-refractivity contribution is 0.0320. The fraction of sp³-hybridized carbons (Fsp3) is 0.333. The molecule has 5 nitrogen and oxygen atoms in total. The molecule has 1 aliphatic rings. The van der Waals surface area contributed by atoms with E-state index in [2.05, 4.69) is 45.2 Å². The molecule has 2 aromatic heterocycles. The molecule has 124 valence electrons. The Labute approximate surface area is 144 Å². The largest absolute Gasteiger partial charge is 0.475 e. The van der Waals surface area contributed by atoms with Crippen molar-refractivity contribution in [3.05, 3.63) is 42.7 Å². The van der Waals surface area contributed by atoms with Gasteiger partial charge in [0.05, 0.1) is 30.5 Å². The highest BCUT2D eigenvalue weighted by atomic mass is 32.1. The van der Waals surface area contributed by atoms with Crippen molar-refractivity contribution in [3.63, 3.8) is 0 Å². The molecule has 0 bridgehead atoms. The number of hydrogen-bond donors (Lipinski definition) is 0. The highest BCUT2D eigenvalue weighted by Crippen LogP contribution is 2.32. The highest BCUT2D eigenvalue weighted by Gasteiger charge is 2.11. The van der Waals surface area contributed by atoms with Crippen molar-refractivity contribution in [2.45, 2.75) is 0 Å². The number of nitrogens with zero attached hydrogens (tertiary/aromatic N) is 3. The topological polar surface area (TPSA) is 47.5 Å². The summed E-state index contributed by atoms with van der Waals surface area (Å²) in [6.45, 7) is 5.05. The first kappa shape index (κ1) is 15.5. The number of benzene rings is 1. The average molecular weight is 341 g/mol. The summed E-state index contributed by atoms with van der Waals surface area (Å²) in [5.74, 6) is 0.582. The first-order valence-electron chi connectivity index (χ1n) is 8.12. The number of hydrogen-bond acceptors (Lipinski definition) is 6. The van der Waals surface area contributed by atoms with Gasteiger partial charge in [0.2, 0.25) is 5.88 Å². The third-order valence-corrected chi connectivity index (χ3v) is 5.19. The minimum absolute atomic E-state index is 0.582. The van der Waals surface area contributed by atoms with E-state index in [1.807, 2.05) is 0 Å². The van der Waals surface area contributed by atoms with Gasteiger partial charge >= 0.3 is 0 Å². The van der Waals surface area contributed by atoms with Crippen molar-refractivity contribution >= 4 is 21.4 Å². The third kappa shape index (κ3) is 3.56. The van der Waals surface area contributed by atoms with Gasteiger partial charge in [-0.1, -0.05) is 18.2 Å². The van der Waals surface area contributed by atoms with E-state index >= 15 is 0 Å². The van der Waals surface area contributed by atoms with Crippen LogP contribution >= 0.6 is 11.3 Å². The molecule has 0 N–H and O–H groups in total. The second-order valence-electron chi connectivity index (χ2n) is 5.69. The molecule has 4 rings (SSSR count). The molecule has 1 fully saturated rings. The molecule has 0 aliphatic carbocycles. The number of ether oxygens (including phenoxy) is 2. The Bertz CT molecular complexity index is 782. The molecule has 0 unspecified atom stereocenters. The SMILES string of the molecule is c1ccc2sc(-c3cncc(OCCN4CCOCC4)n3)cc2c1. The van der Waals surface area contributed by atoms with E-state index in [0.717, 1.165) is 43.4 Å². The van der Waals surface area contributed by atoms with Crippen LogP contribution in [0, 0.1) is 0 Å². The van der Waals surface area contributed by atoms with Crippen molar-refractivity contribution in [3.8, 4) is 16.5 Å². The van der Waals surface area contributed by atoms with Crippen LogP contribution in [0.2, 0.25) is 0 Å². The maximum Gasteiger partial charge on any atom is 0.232 e. The number of aromatic nitrogens is 2. The first-order valence-corrected chi connectivity index (χ1v) is 8.94. The van der Waals surface area contributed by atoms with Gasteiger partial charge < -0.3 is 9.47 Å². The Hall–Kier alpha value is -2.02. The van der Waals surface area contributed by atoms with E-state index in [0.29, 0.717) is 12.5 Å². The van der Waals surface area contributed by atoms with E-state index in [1.165, 1.54) is 10.1 Å². The second-order valence-corrected chi connectivity index (χ2v) is 6.78. The molecule has 3 aromatic rings. The molecule has 1 saturated heterocycles. The molecule has 0 amide bonds. The van der Waals surface area contributed by atoms with Crippen molar-refractivity contribution in [2.75, 3.05) is 39.5 Å². The summed E-state index contributed by atoms with van der Waals surface area (Å²) in [4.78, 5) is 12.3. The van der Waals surface area contributed by atoms with Gasteiger partial charge in [-0.15, -0.1) is 11.3 Å². The number of thiophene rings is 1. The molecule has 24 heavy (non-hydrogen) atoms. The normalized spacial score (nSPS) is 15.7. The monoisotopic (exact) mass is 341 g/mol. The highest BCUT2D eigenvalue weighted by molar-refractivity contribution is 7.22. The Morgan fingerprint density at radius 1 is 1.17 bits per heavy atom. The molecular formula is C18H19N3O2S. The summed E-state index contributed by atoms with van der Waals surface area (Å²) in [6, 6.07) is 10.5. The lowest BCUT2D eigenvalue weighted by Gasteiger charge is -2.26. The first-order chi connectivity index (χ1) is 11.9. The van der Waals surface area contributed by atoms with Gasteiger partial charge in [-0.25, -0.2) is 4.98 Å². The molecule has 0 saturated carbocycles. The van der Waals surface area contributed by atoms with Crippen LogP contribution in [-0.4, -0.2) is 54.3 Å². The van der Waals surface area contributed by atoms with Crippen LogP contribution in [0.1, 0.15) is 0 Å². The van der Waals surface area contributed by atoms with Gasteiger partial charge in [-0.05, 0) is 17.5 Å². The zero-order valence-electron chi connectivity index (χ0n) is 13.4. The van der Waals surface area contributed by atoms with Gasteiger partial charge in [0, 0.05) is 24.3 Å². The summed E-state index contributed by atoms with van der Waals surface area (Å²) in [5.41, 5.74) is 0.861. The summed E-state index contributed by atoms with van der Waals surface area (Å²) in [5, 5.41) is 1.23. The third-order valence-electron chi connectivity index (χ3n) is 4.05. The van der Waals surface area contributed by atoms with Gasteiger partial charge in [0.1, 0.15) is 12.3 Å². The van der Waals surface area contributed by atoms with Crippen LogP contribution in [-0.2, 0) is 4.74 Å². The van der Waals surface area contributed by atoms with Crippen LogP contribution in [0.5, 0.6) is 5.88 Å². The lowest BCUT2D eigenvalue weighted by atomic mass is 10.2. The molecule has 1 aliphatic heterocycles. The van der Waals surface area contributed by atoms with Crippen LogP contribution in [0.15, 0.2) is 42.7 Å². The predicted octanol–water partition coefficient (Wildman–Crippen LogP) is 3.07. The van der Waals surface area contributed by atoms with Crippen LogP contribution in [0.4, 0.5) is 0 Å². The molecular weight excluding hydrogens is 322 g/mol. The molecule has 3 heterocycles. The average Bonchev–Trinajstić information content (AvgIpc) is 3.07. The fourth-order valence-electron chi connectivity index (χ4n) is 2.75. The summed E-state index contributed by atoms with van der Waals surface area (Å²) >= 11 is 1.73. The zero-order valence-corrected chi connectivity index (χ0v) is 14.2. The van der Waals surface area contributed by atoms with Crippen molar-refractivity contribution in [1.82, 2.24) is 14.9 Å². The van der Waals surface area contributed by atoms with Crippen LogP contribution in [0.3, 0.4) is 0 Å². The van der Waals surface area contributed by atoms with Crippen LogP contribution < -0.4 is 4.74 Å². The Kier molecular flexibility index (Phi) is 4.69. The maximum atomic E-state index is 5.79. The quantitative estimate of drug-likeness (QED) is 0.714. The standard InChI is InChI=1S/C18H19N3O2S/c1-2-4-16-14(3-1)11-17(24-16)15-12-19-13-18(20-15)23-10-7-21-5-8-22-9-6-21/h1-4,11-13H,5-10H2. The fourth-order valence-corrected chi connectivity index (χ4v) is 3.77. The molecule has 0 atom stereocenters. The predicted molar refractivity (Wildman–Crippen MR) is 95.6 cm³/mol. The van der Waals surface area contributed by atoms with Gasteiger partial charge in [-0.3, -0.25) is 9.88 Å². The van der Waals surface area contributed by atoms with E-state index in [-0.39, 0.29) is 0 Å². The molecule has 1 aromatic carbocycles. The minimum atomic E-state index is 0.582. The molecule has 6 heteroatoms. The van der Waals surface area contributed by atoms with Crippen molar-refractivity contribution < 1.29 is 9.47 Å². The number of morpholine rings is 1. The van der Waals surface area contributed by atoms with Gasteiger partial charge in [-0.2, -0.15) is 0 Å². The Balaban J connectivity index is 1.43. The van der Waals surface area contributed by atoms with E-state index < -0.39 is 0 Å². The van der Waals surface area contributed by atoms with E-state index in [1.54, 1.807) is 23.7 Å². The van der Waals surface area contributed by atoms with E-state index in [4.69, 9.17) is 9.47 Å². The number of rotatable bonds is 5. The smallest absolute Gasteiger partial charge is 0.232 e. The second kappa shape index (κ2) is 7.25. The summed E-state index contributed by atoms with van der Waals surface area (Å²) in [6.07, 6.45) is 3.47. The Morgan fingerprint density at radius 2 is 2.04 bits per heavy atom.